The van der Waals surface area contributed by atoms with E-state index in [1.54, 1.807) is 0 Å². The first-order valence-corrected chi connectivity index (χ1v) is 12.4. The molecule has 1 aliphatic heterocycles. The van der Waals surface area contributed by atoms with Gasteiger partial charge in [-0.15, -0.1) is 0 Å². The third-order valence-electron chi connectivity index (χ3n) is 5.58. The normalized spacial score (nSPS) is 16.2. The summed E-state index contributed by atoms with van der Waals surface area (Å²) >= 11 is 0. The van der Waals surface area contributed by atoms with Gasteiger partial charge in [-0.1, -0.05) is 30.3 Å². The molecule has 1 atom stereocenters. The molecule has 3 N–H and O–H groups in total. The Morgan fingerprint density at radius 2 is 1.76 bits per heavy atom. The van der Waals surface area contributed by atoms with Crippen LogP contribution in [-0.2, 0) is 24.4 Å². The van der Waals surface area contributed by atoms with Crippen molar-refractivity contribution < 1.29 is 40.4 Å². The molecular weight excluding hydrogens is 534 g/mol. The molecule has 1 aromatic heterocycles. The number of sulfonamides is 1. The van der Waals surface area contributed by atoms with Gasteiger partial charge in [-0.3, -0.25) is 4.79 Å². The van der Waals surface area contributed by atoms with E-state index in [2.05, 4.69) is 20.1 Å². The number of amides is 1. The van der Waals surface area contributed by atoms with Crippen molar-refractivity contribution >= 4 is 27.8 Å². The van der Waals surface area contributed by atoms with Crippen LogP contribution in [0.5, 0.6) is 0 Å². The van der Waals surface area contributed by atoms with E-state index in [1.807, 2.05) is 0 Å². The molecule has 0 bridgehead atoms. The number of alkyl halides is 3. The number of piperidine rings is 1. The first-order chi connectivity index (χ1) is 17.9. The van der Waals surface area contributed by atoms with Gasteiger partial charge in [0.25, 0.3) is 10.0 Å². The van der Waals surface area contributed by atoms with Crippen molar-refractivity contribution in [2.75, 3.05) is 12.3 Å². The summed E-state index contributed by atoms with van der Waals surface area (Å²) in [6.45, 7) is 0.164. The number of anilines is 1. The SMILES string of the molecule is Nc1ncc(-c2ccc(-c3ccccc3S(=O)(=O)N(OC(=O)C(F)(F)F)[C@H]3CCCNC3=O)cc2F)cn1. The van der Waals surface area contributed by atoms with Gasteiger partial charge in [-0.2, -0.15) is 13.2 Å². The summed E-state index contributed by atoms with van der Waals surface area (Å²) in [6.07, 6.45) is -2.94. The lowest BCUT2D eigenvalue weighted by Crippen LogP contribution is -2.54. The van der Waals surface area contributed by atoms with Crippen molar-refractivity contribution in [2.24, 2.45) is 0 Å². The zero-order valence-corrected chi connectivity index (χ0v) is 20.1. The highest BCUT2D eigenvalue weighted by atomic mass is 32.2. The second-order valence-corrected chi connectivity index (χ2v) is 9.86. The molecule has 1 aliphatic rings. The highest BCUT2D eigenvalue weighted by molar-refractivity contribution is 7.89. The summed E-state index contributed by atoms with van der Waals surface area (Å²) in [5.74, 6) is -4.56. The van der Waals surface area contributed by atoms with Crippen LogP contribution in [0.15, 0.2) is 59.8 Å². The van der Waals surface area contributed by atoms with E-state index < -0.39 is 44.8 Å². The molecule has 0 aliphatic carbocycles. The van der Waals surface area contributed by atoms with Crippen LogP contribution in [0.25, 0.3) is 22.3 Å². The fraction of sp³-hybridized carbons (Fsp3) is 0.217. The van der Waals surface area contributed by atoms with Gasteiger partial charge in [0, 0.05) is 35.6 Å². The molecule has 1 amide bonds. The van der Waals surface area contributed by atoms with Gasteiger partial charge in [0.2, 0.25) is 11.9 Å². The number of nitrogens with two attached hydrogens (primary N) is 1. The average Bonchev–Trinajstić information content (AvgIpc) is 2.87. The van der Waals surface area contributed by atoms with Crippen LogP contribution in [0.4, 0.5) is 23.5 Å². The Labute approximate surface area is 213 Å². The summed E-state index contributed by atoms with van der Waals surface area (Å²) in [7, 11) is -5.07. The number of rotatable bonds is 6. The third-order valence-corrected chi connectivity index (χ3v) is 7.29. The summed E-state index contributed by atoms with van der Waals surface area (Å²) in [5, 5.41) is 2.34. The van der Waals surface area contributed by atoms with Crippen LogP contribution in [0, 0.1) is 5.82 Å². The Morgan fingerprint density at radius 3 is 2.39 bits per heavy atom. The fourth-order valence-electron chi connectivity index (χ4n) is 3.79. The van der Waals surface area contributed by atoms with E-state index in [0.29, 0.717) is 0 Å². The van der Waals surface area contributed by atoms with Gasteiger partial charge < -0.3 is 15.9 Å². The zero-order valence-electron chi connectivity index (χ0n) is 19.3. The number of benzene rings is 2. The average molecular weight is 553 g/mol. The zero-order chi connectivity index (χ0) is 27.7. The van der Waals surface area contributed by atoms with Crippen LogP contribution < -0.4 is 11.1 Å². The highest BCUT2D eigenvalue weighted by Gasteiger charge is 2.48. The second kappa shape index (κ2) is 10.3. The van der Waals surface area contributed by atoms with E-state index >= 15 is 4.39 Å². The number of nitrogen functional groups attached to an aromatic ring is 1. The smallest absolute Gasteiger partial charge is 0.368 e. The predicted molar refractivity (Wildman–Crippen MR) is 124 cm³/mol. The Kier molecular flexibility index (Phi) is 7.33. The van der Waals surface area contributed by atoms with Crippen molar-refractivity contribution in [2.45, 2.75) is 30.0 Å². The molecular formula is C23H19F4N5O5S. The number of carbonyl (C=O) groups is 2. The number of nitrogens with zero attached hydrogens (tertiary/aromatic N) is 3. The molecule has 0 spiro atoms. The number of nitrogens with one attached hydrogen (secondary N) is 1. The maximum Gasteiger partial charge on any atom is 0.492 e. The largest absolute Gasteiger partial charge is 0.492 e. The van der Waals surface area contributed by atoms with Crippen LogP contribution in [-0.4, -0.2) is 53.5 Å². The number of aromatic nitrogens is 2. The number of hydroxylamine groups is 1. The minimum atomic E-state index is -5.54. The molecule has 4 rings (SSSR count). The van der Waals surface area contributed by atoms with E-state index in [9.17, 15) is 31.2 Å². The first kappa shape index (κ1) is 26.9. The Hall–Kier alpha value is -4.11. The second-order valence-electron chi connectivity index (χ2n) is 8.11. The molecule has 2 heterocycles. The summed E-state index contributed by atoms with van der Waals surface area (Å²) < 4.78 is 81.1. The summed E-state index contributed by atoms with van der Waals surface area (Å²) in [5.41, 5.74) is 5.74. The molecule has 3 aromatic rings. The first-order valence-electron chi connectivity index (χ1n) is 11.0. The fourth-order valence-corrected chi connectivity index (χ4v) is 5.40. The molecule has 38 heavy (non-hydrogen) atoms. The van der Waals surface area contributed by atoms with E-state index in [0.717, 1.165) is 12.1 Å². The van der Waals surface area contributed by atoms with Crippen LogP contribution >= 0.6 is 0 Å². The molecule has 0 unspecified atom stereocenters. The molecule has 1 saturated heterocycles. The Balaban J connectivity index is 1.79. The lowest BCUT2D eigenvalue weighted by molar-refractivity contribution is -0.227. The topological polar surface area (TPSA) is 145 Å². The molecule has 2 aromatic carbocycles. The van der Waals surface area contributed by atoms with Crippen molar-refractivity contribution in [3.63, 3.8) is 0 Å². The highest BCUT2D eigenvalue weighted by Crippen LogP contribution is 2.34. The van der Waals surface area contributed by atoms with Gasteiger partial charge >= 0.3 is 12.1 Å². The van der Waals surface area contributed by atoms with E-state index in [-0.39, 0.29) is 52.1 Å². The maximum absolute atomic E-state index is 15.1. The van der Waals surface area contributed by atoms with Crippen molar-refractivity contribution in [1.29, 1.82) is 0 Å². The quantitative estimate of drug-likeness (QED) is 0.350. The van der Waals surface area contributed by atoms with Crippen molar-refractivity contribution in [3.05, 3.63) is 60.7 Å². The molecule has 1 fully saturated rings. The molecule has 0 saturated carbocycles. The van der Waals surface area contributed by atoms with Gasteiger partial charge in [0.1, 0.15) is 11.9 Å². The monoisotopic (exact) mass is 553 g/mol. The van der Waals surface area contributed by atoms with E-state index in [1.165, 1.54) is 42.7 Å². The number of hydrogen-bond donors (Lipinski definition) is 2. The molecule has 0 radical (unpaired) electrons. The van der Waals surface area contributed by atoms with Crippen molar-refractivity contribution in [1.82, 2.24) is 19.8 Å². The summed E-state index contributed by atoms with van der Waals surface area (Å²) in [6, 6.07) is 7.00. The van der Waals surface area contributed by atoms with Crippen LogP contribution in [0.2, 0.25) is 0 Å². The molecule has 10 nitrogen and oxygen atoms in total. The minimum absolute atomic E-state index is 0.0210. The Bertz CT molecular complexity index is 1480. The minimum Gasteiger partial charge on any atom is -0.368 e. The number of carbonyl (C=O) groups excluding carboxylic acids is 2. The maximum atomic E-state index is 15.1. The van der Waals surface area contributed by atoms with E-state index in [4.69, 9.17) is 5.73 Å². The standard InChI is InChI=1S/C23H19F4N5O5S/c24-17-10-13(7-8-15(17)14-11-30-22(28)31-12-14)16-4-1-2-6-19(16)38(35,36)32(37-21(34)23(25,26)27)18-5-3-9-29-20(18)33/h1-2,4,6-8,10-12,18H,3,5,9H2,(H,29,33)(H2,28,30,31)/t18-/m0/s1. The lowest BCUT2D eigenvalue weighted by atomic mass is 10.0. The van der Waals surface area contributed by atoms with Crippen LogP contribution in [0.1, 0.15) is 12.8 Å². The number of hydrogen-bond acceptors (Lipinski definition) is 8. The predicted octanol–water partition coefficient (Wildman–Crippen LogP) is 2.82. The number of halogens is 4. The van der Waals surface area contributed by atoms with Gasteiger partial charge in [0.05, 0.1) is 4.90 Å². The third kappa shape index (κ3) is 5.43. The van der Waals surface area contributed by atoms with Crippen molar-refractivity contribution in [3.8, 4) is 22.3 Å². The van der Waals surface area contributed by atoms with Gasteiger partial charge in [-0.05, 0) is 35.0 Å². The summed E-state index contributed by atoms with van der Waals surface area (Å²) in [4.78, 5) is 35.3. The molecule has 15 heteroatoms. The Morgan fingerprint density at radius 1 is 1.08 bits per heavy atom. The van der Waals surface area contributed by atoms with Gasteiger partial charge in [-0.25, -0.2) is 27.6 Å². The van der Waals surface area contributed by atoms with Gasteiger partial charge in [0.15, 0.2) is 0 Å². The molecule has 200 valence electrons. The lowest BCUT2D eigenvalue weighted by Gasteiger charge is -2.31. The van der Waals surface area contributed by atoms with Crippen LogP contribution in [0.3, 0.4) is 0 Å².